The molecule has 0 aromatic heterocycles. The number of nitrogens with zero attached hydrogens (tertiary/aromatic N) is 1. The number of likely N-dealkylation sites (tertiary alicyclic amines) is 1. The molecule has 1 aliphatic heterocycles. The Hall–Kier alpha value is -1.39. The van der Waals surface area contributed by atoms with Gasteiger partial charge in [-0.25, -0.2) is 4.39 Å². The molecule has 1 aromatic rings. The molecule has 0 saturated carbocycles. The molecule has 1 saturated heterocycles. The molecule has 2 rings (SSSR count). The summed E-state index contributed by atoms with van der Waals surface area (Å²) >= 11 is 5.81. The second-order valence-corrected chi connectivity index (χ2v) is 9.74. The predicted octanol–water partition coefficient (Wildman–Crippen LogP) is 5.96. The summed E-state index contributed by atoms with van der Waals surface area (Å²) in [5.41, 5.74) is -0.221. The van der Waals surface area contributed by atoms with Gasteiger partial charge in [-0.1, -0.05) is 45.4 Å². The fourth-order valence-electron chi connectivity index (χ4n) is 4.44. The Morgan fingerprint density at radius 2 is 1.89 bits per heavy atom. The van der Waals surface area contributed by atoms with Gasteiger partial charge in [-0.2, -0.15) is 0 Å². The minimum atomic E-state index is -0.439. The first-order chi connectivity index (χ1) is 12.9. The lowest BCUT2D eigenvalue weighted by Gasteiger charge is -2.45. The van der Waals surface area contributed by atoms with Crippen LogP contribution >= 0.6 is 11.6 Å². The Labute approximate surface area is 173 Å². The highest BCUT2D eigenvalue weighted by atomic mass is 35.5. The average molecular weight is 410 g/mol. The molecule has 0 N–H and O–H groups in total. The summed E-state index contributed by atoms with van der Waals surface area (Å²) in [6.45, 7) is 15.3. The van der Waals surface area contributed by atoms with Crippen LogP contribution in [0.15, 0.2) is 24.3 Å². The van der Waals surface area contributed by atoms with Crippen molar-refractivity contribution < 1.29 is 13.9 Å². The lowest BCUT2D eigenvalue weighted by Crippen LogP contribution is -2.54. The van der Waals surface area contributed by atoms with Crippen molar-refractivity contribution in [1.29, 1.82) is 0 Å². The number of ether oxygens (including phenoxy) is 1. The zero-order valence-electron chi connectivity index (χ0n) is 18.1. The van der Waals surface area contributed by atoms with Crippen molar-refractivity contribution in [1.82, 2.24) is 4.90 Å². The first kappa shape index (κ1) is 22.9. The van der Waals surface area contributed by atoms with Crippen LogP contribution in [0.3, 0.4) is 0 Å². The number of benzene rings is 1. The van der Waals surface area contributed by atoms with Crippen molar-refractivity contribution >= 4 is 23.6 Å². The van der Waals surface area contributed by atoms with Crippen LogP contribution in [0.5, 0.6) is 0 Å². The van der Waals surface area contributed by atoms with Gasteiger partial charge in [-0.05, 0) is 57.2 Å². The van der Waals surface area contributed by atoms with E-state index in [1.165, 1.54) is 18.2 Å². The molecule has 1 aliphatic rings. The van der Waals surface area contributed by atoms with E-state index >= 15 is 0 Å². The summed E-state index contributed by atoms with van der Waals surface area (Å²) in [7, 11) is 0. The molecule has 0 radical (unpaired) electrons. The smallest absolute Gasteiger partial charge is 0.247 e. The largest absolute Gasteiger partial charge is 0.371 e. The Balaban J connectivity index is 2.32. The third-order valence-electron chi connectivity index (χ3n) is 5.60. The summed E-state index contributed by atoms with van der Waals surface area (Å²) in [6, 6.07) is 4.45. The van der Waals surface area contributed by atoms with Crippen LogP contribution in [0, 0.1) is 17.7 Å². The third kappa shape index (κ3) is 4.96. The molecular weight excluding hydrogens is 377 g/mol. The van der Waals surface area contributed by atoms with Crippen LogP contribution in [-0.2, 0) is 9.53 Å². The number of halogens is 2. The predicted molar refractivity (Wildman–Crippen MR) is 114 cm³/mol. The van der Waals surface area contributed by atoms with Gasteiger partial charge < -0.3 is 9.64 Å². The summed E-state index contributed by atoms with van der Waals surface area (Å²) in [5, 5.41) is 0.335. The highest BCUT2D eigenvalue weighted by Crippen LogP contribution is 2.44. The van der Waals surface area contributed by atoms with E-state index < -0.39 is 5.82 Å². The van der Waals surface area contributed by atoms with E-state index in [0.29, 0.717) is 17.1 Å². The molecule has 0 spiro atoms. The van der Waals surface area contributed by atoms with E-state index in [1.54, 1.807) is 12.1 Å². The SMILES string of the molecule is CC(C)C1(C(C)C)CC(OC(C)(C)C)CN1C(=O)/C=C/c1ccc(Cl)cc1F. The quantitative estimate of drug-likeness (QED) is 0.561. The monoisotopic (exact) mass is 409 g/mol. The number of hydrogen-bond acceptors (Lipinski definition) is 2. The number of rotatable bonds is 5. The van der Waals surface area contributed by atoms with Gasteiger partial charge in [-0.15, -0.1) is 0 Å². The van der Waals surface area contributed by atoms with Gasteiger partial charge in [0.15, 0.2) is 0 Å². The second kappa shape index (κ2) is 8.54. The van der Waals surface area contributed by atoms with Crippen molar-refractivity contribution in [2.45, 2.75) is 72.1 Å². The molecule has 1 aromatic carbocycles. The minimum Gasteiger partial charge on any atom is -0.371 e. The van der Waals surface area contributed by atoms with E-state index in [-0.39, 0.29) is 35.0 Å². The van der Waals surface area contributed by atoms with Crippen LogP contribution in [0.1, 0.15) is 60.5 Å². The van der Waals surface area contributed by atoms with Gasteiger partial charge in [0.05, 0.1) is 17.2 Å². The highest BCUT2D eigenvalue weighted by Gasteiger charge is 2.52. The average Bonchev–Trinajstić information content (AvgIpc) is 2.92. The van der Waals surface area contributed by atoms with Crippen LogP contribution in [-0.4, -0.2) is 34.6 Å². The van der Waals surface area contributed by atoms with Crippen LogP contribution < -0.4 is 0 Å². The second-order valence-electron chi connectivity index (χ2n) is 9.30. The van der Waals surface area contributed by atoms with E-state index in [4.69, 9.17) is 16.3 Å². The molecule has 0 bridgehead atoms. The van der Waals surface area contributed by atoms with Gasteiger partial charge in [0.25, 0.3) is 0 Å². The lowest BCUT2D eigenvalue weighted by atomic mass is 9.74. The molecule has 3 nitrogen and oxygen atoms in total. The summed E-state index contributed by atoms with van der Waals surface area (Å²) in [6.07, 6.45) is 3.77. The first-order valence-electron chi connectivity index (χ1n) is 9.99. The maximum atomic E-state index is 14.1. The molecule has 1 atom stereocenters. The standard InChI is InChI=1S/C23H33ClFNO2/c1-15(2)23(16(3)4)13-19(28-22(5,6)7)14-26(23)21(27)11-9-17-8-10-18(24)12-20(17)25/h8-12,15-16,19H,13-14H2,1-7H3/b11-9+. The Morgan fingerprint density at radius 3 is 2.39 bits per heavy atom. The van der Waals surface area contributed by atoms with E-state index in [2.05, 4.69) is 27.7 Å². The third-order valence-corrected chi connectivity index (χ3v) is 5.83. The summed E-state index contributed by atoms with van der Waals surface area (Å²) < 4.78 is 20.3. The van der Waals surface area contributed by atoms with Crippen LogP contribution in [0.2, 0.25) is 5.02 Å². The Kier molecular flexibility index (Phi) is 6.99. The maximum absolute atomic E-state index is 14.1. The fraction of sp³-hybridized carbons (Fsp3) is 0.609. The molecule has 1 heterocycles. The van der Waals surface area contributed by atoms with E-state index in [1.807, 2.05) is 25.7 Å². The van der Waals surface area contributed by atoms with E-state index in [0.717, 1.165) is 6.42 Å². The van der Waals surface area contributed by atoms with Crippen molar-refractivity contribution in [3.8, 4) is 0 Å². The van der Waals surface area contributed by atoms with Gasteiger partial charge in [0, 0.05) is 23.2 Å². The number of amides is 1. The fourth-order valence-corrected chi connectivity index (χ4v) is 4.60. The van der Waals surface area contributed by atoms with E-state index in [9.17, 15) is 9.18 Å². The van der Waals surface area contributed by atoms with Gasteiger partial charge in [0.1, 0.15) is 5.82 Å². The lowest BCUT2D eigenvalue weighted by molar-refractivity contribution is -0.134. The molecule has 0 aliphatic carbocycles. The Bertz CT molecular complexity index is 729. The summed E-state index contributed by atoms with van der Waals surface area (Å²) in [5.74, 6) is -0.0148. The number of carbonyl (C=O) groups excluding carboxylic acids is 1. The van der Waals surface area contributed by atoms with Crippen molar-refractivity contribution in [2.75, 3.05) is 6.54 Å². The molecule has 1 unspecified atom stereocenters. The zero-order valence-corrected chi connectivity index (χ0v) is 18.8. The highest BCUT2D eigenvalue weighted by molar-refractivity contribution is 6.30. The minimum absolute atomic E-state index is 0.0191. The summed E-state index contributed by atoms with van der Waals surface area (Å²) in [4.78, 5) is 15.1. The normalized spacial score (nSPS) is 20.0. The molecule has 28 heavy (non-hydrogen) atoms. The van der Waals surface area contributed by atoms with Crippen molar-refractivity contribution in [3.63, 3.8) is 0 Å². The molecular formula is C23H33ClFNO2. The van der Waals surface area contributed by atoms with Crippen molar-refractivity contribution in [3.05, 3.63) is 40.7 Å². The van der Waals surface area contributed by atoms with Crippen LogP contribution in [0.25, 0.3) is 6.08 Å². The topological polar surface area (TPSA) is 29.5 Å². The first-order valence-corrected chi connectivity index (χ1v) is 10.4. The Morgan fingerprint density at radius 1 is 1.29 bits per heavy atom. The van der Waals surface area contributed by atoms with Gasteiger partial charge in [0.2, 0.25) is 5.91 Å². The zero-order chi connectivity index (χ0) is 21.3. The molecule has 1 amide bonds. The molecule has 156 valence electrons. The van der Waals surface area contributed by atoms with Gasteiger partial charge >= 0.3 is 0 Å². The van der Waals surface area contributed by atoms with Gasteiger partial charge in [-0.3, -0.25) is 4.79 Å². The number of hydrogen-bond donors (Lipinski definition) is 0. The molecule has 1 fully saturated rings. The maximum Gasteiger partial charge on any atom is 0.247 e. The van der Waals surface area contributed by atoms with Crippen LogP contribution in [0.4, 0.5) is 4.39 Å². The number of carbonyl (C=O) groups is 1. The van der Waals surface area contributed by atoms with Crippen molar-refractivity contribution in [2.24, 2.45) is 11.8 Å². The molecule has 5 heteroatoms.